The lowest BCUT2D eigenvalue weighted by Crippen LogP contribution is -2.32. The SMILES string of the molecule is C=C1/C=C(N(c2ccc(-c3ccc4c(c3)c3ccc5c(ccn5-c5ccccc5)c3n4-c3ccccc3)cc2)c2ccc(-c3ncccn3)cc2)\C=C/Cc2ccccc2C1(c1ccccc1)c1ccccc1. The van der Waals surface area contributed by atoms with Crippen molar-refractivity contribution in [3.8, 4) is 33.9 Å². The van der Waals surface area contributed by atoms with E-state index >= 15 is 0 Å². The molecule has 0 unspecified atom stereocenters. The third kappa shape index (κ3) is 7.49. The highest BCUT2D eigenvalue weighted by Crippen LogP contribution is 2.48. The molecule has 73 heavy (non-hydrogen) atoms. The molecule has 5 heteroatoms. The number of aromatic nitrogens is 4. The lowest BCUT2D eigenvalue weighted by atomic mass is 9.63. The first-order valence-corrected chi connectivity index (χ1v) is 24.9. The van der Waals surface area contributed by atoms with E-state index in [0.29, 0.717) is 5.82 Å². The van der Waals surface area contributed by atoms with Crippen LogP contribution in [0.2, 0.25) is 0 Å². The second-order valence-electron chi connectivity index (χ2n) is 18.7. The fourth-order valence-corrected chi connectivity index (χ4v) is 11.3. The molecule has 1 aliphatic carbocycles. The summed E-state index contributed by atoms with van der Waals surface area (Å²) < 4.78 is 4.71. The Morgan fingerprint density at radius 3 is 1.73 bits per heavy atom. The number of hydrogen-bond acceptors (Lipinski definition) is 3. The molecular weight excluding hydrogens is 887 g/mol. The predicted octanol–water partition coefficient (Wildman–Crippen LogP) is 16.6. The molecule has 0 saturated carbocycles. The van der Waals surface area contributed by atoms with E-state index in [1.54, 1.807) is 12.4 Å². The van der Waals surface area contributed by atoms with Gasteiger partial charge in [-0.25, -0.2) is 9.97 Å². The molecule has 346 valence electrons. The van der Waals surface area contributed by atoms with Crippen molar-refractivity contribution in [3.63, 3.8) is 0 Å². The van der Waals surface area contributed by atoms with Crippen molar-refractivity contribution in [2.24, 2.45) is 0 Å². The molecule has 0 aliphatic heterocycles. The molecule has 0 radical (unpaired) electrons. The minimum absolute atomic E-state index is 0.680. The molecule has 0 N–H and O–H groups in total. The van der Waals surface area contributed by atoms with Gasteiger partial charge in [-0.15, -0.1) is 0 Å². The van der Waals surface area contributed by atoms with Gasteiger partial charge in [-0.3, -0.25) is 0 Å². The average molecular weight is 936 g/mol. The largest absolute Gasteiger partial charge is 0.316 e. The summed E-state index contributed by atoms with van der Waals surface area (Å²) >= 11 is 0. The predicted molar refractivity (Wildman–Crippen MR) is 302 cm³/mol. The van der Waals surface area contributed by atoms with Gasteiger partial charge in [-0.1, -0.05) is 158 Å². The van der Waals surface area contributed by atoms with E-state index in [4.69, 9.17) is 6.58 Å². The summed E-state index contributed by atoms with van der Waals surface area (Å²) in [6, 6.07) is 85.0. The highest BCUT2D eigenvalue weighted by Gasteiger charge is 2.40. The second kappa shape index (κ2) is 18.3. The summed E-state index contributed by atoms with van der Waals surface area (Å²) in [5.74, 6) is 0.687. The highest BCUT2D eigenvalue weighted by atomic mass is 15.1. The Kier molecular flexibility index (Phi) is 10.9. The van der Waals surface area contributed by atoms with Gasteiger partial charge in [0.15, 0.2) is 5.82 Å². The van der Waals surface area contributed by atoms with E-state index in [-0.39, 0.29) is 0 Å². The molecule has 0 amide bonds. The van der Waals surface area contributed by atoms with Gasteiger partial charge in [0.25, 0.3) is 0 Å². The summed E-state index contributed by atoms with van der Waals surface area (Å²) in [6.45, 7) is 5.03. The number of allylic oxidation sites excluding steroid dienone is 4. The number of anilines is 2. The minimum atomic E-state index is -0.680. The molecule has 13 rings (SSSR count). The van der Waals surface area contributed by atoms with Gasteiger partial charge in [-0.05, 0) is 149 Å². The van der Waals surface area contributed by atoms with Gasteiger partial charge < -0.3 is 14.0 Å². The quantitative estimate of drug-likeness (QED) is 0.145. The second-order valence-corrected chi connectivity index (χ2v) is 18.7. The van der Waals surface area contributed by atoms with E-state index in [1.165, 1.54) is 43.8 Å². The lowest BCUT2D eigenvalue weighted by molar-refractivity contribution is 0.736. The number of benzene rings is 9. The van der Waals surface area contributed by atoms with Crippen molar-refractivity contribution in [2.75, 3.05) is 4.90 Å². The molecule has 5 nitrogen and oxygen atoms in total. The fourth-order valence-electron chi connectivity index (χ4n) is 11.3. The summed E-state index contributed by atoms with van der Waals surface area (Å²) in [7, 11) is 0. The molecule has 9 aromatic carbocycles. The summed E-state index contributed by atoms with van der Waals surface area (Å²) in [5, 5.41) is 3.63. The molecular formula is C68H49N5. The monoisotopic (exact) mass is 935 g/mol. The van der Waals surface area contributed by atoms with Crippen LogP contribution < -0.4 is 4.90 Å². The molecule has 1 aliphatic rings. The van der Waals surface area contributed by atoms with Gasteiger partial charge >= 0.3 is 0 Å². The van der Waals surface area contributed by atoms with E-state index in [0.717, 1.165) is 68.3 Å². The van der Waals surface area contributed by atoms with Gasteiger partial charge in [0.1, 0.15) is 0 Å². The zero-order chi connectivity index (χ0) is 48.7. The van der Waals surface area contributed by atoms with Crippen LogP contribution in [0.4, 0.5) is 11.4 Å². The molecule has 0 saturated heterocycles. The van der Waals surface area contributed by atoms with Gasteiger partial charge in [0, 0.05) is 68.8 Å². The number of fused-ring (bicyclic) bond motifs is 6. The van der Waals surface area contributed by atoms with Crippen LogP contribution >= 0.6 is 0 Å². The molecule has 0 bridgehead atoms. The Morgan fingerprint density at radius 2 is 1.05 bits per heavy atom. The van der Waals surface area contributed by atoms with Crippen molar-refractivity contribution < 1.29 is 0 Å². The Bertz CT molecular complexity index is 3980. The van der Waals surface area contributed by atoms with Crippen LogP contribution in [-0.2, 0) is 11.8 Å². The van der Waals surface area contributed by atoms with Gasteiger partial charge in [0.05, 0.1) is 22.0 Å². The van der Waals surface area contributed by atoms with Crippen LogP contribution in [-0.4, -0.2) is 19.1 Å². The van der Waals surface area contributed by atoms with Crippen LogP contribution in [0.3, 0.4) is 0 Å². The molecule has 0 fully saturated rings. The fraction of sp³-hybridized carbons (Fsp3) is 0.0294. The molecule has 12 aromatic rings. The maximum absolute atomic E-state index is 5.03. The first kappa shape index (κ1) is 43.4. The van der Waals surface area contributed by atoms with Crippen molar-refractivity contribution in [1.29, 1.82) is 0 Å². The molecule has 3 aromatic heterocycles. The van der Waals surface area contributed by atoms with Gasteiger partial charge in [-0.2, -0.15) is 0 Å². The molecule has 0 atom stereocenters. The van der Waals surface area contributed by atoms with Crippen molar-refractivity contribution in [2.45, 2.75) is 11.8 Å². The maximum Gasteiger partial charge on any atom is 0.159 e. The summed E-state index contributed by atoms with van der Waals surface area (Å²) in [4.78, 5) is 11.5. The lowest BCUT2D eigenvalue weighted by Gasteiger charge is -2.39. The van der Waals surface area contributed by atoms with Gasteiger partial charge in [0.2, 0.25) is 0 Å². The summed E-state index contributed by atoms with van der Waals surface area (Å²) in [5.41, 5.74) is 17.1. The third-order valence-electron chi connectivity index (χ3n) is 14.6. The Morgan fingerprint density at radius 1 is 0.479 bits per heavy atom. The van der Waals surface area contributed by atoms with Crippen LogP contribution in [0, 0.1) is 0 Å². The topological polar surface area (TPSA) is 38.9 Å². The summed E-state index contributed by atoms with van der Waals surface area (Å²) in [6.07, 6.45) is 13.4. The standard InChI is InChI=1S/C68H49N5/c1-48-46-59(28-16-19-50-18-14-15-29-63(50)68(48,53-20-6-2-7-21-53)54-22-8-3-9-23-54)72(58-37-32-51(33-38-58)67-69-43-17-44-70-67)57-35-30-49(31-36-57)52-34-40-65-62(47-52)60-39-41-64-61(42-45-71(64)55-24-10-4-11-25-55)66(60)73(65)56-26-12-5-13-27-56/h2-18,20-47H,1,19H2/b28-16-,59-46+. The Balaban J connectivity index is 0.957. The average Bonchev–Trinajstić information content (AvgIpc) is 4.06. The van der Waals surface area contributed by atoms with E-state index < -0.39 is 5.41 Å². The van der Waals surface area contributed by atoms with Crippen molar-refractivity contribution in [1.82, 2.24) is 19.1 Å². The smallest absolute Gasteiger partial charge is 0.159 e. The van der Waals surface area contributed by atoms with Crippen LogP contribution in [0.1, 0.15) is 22.3 Å². The maximum atomic E-state index is 5.03. The highest BCUT2D eigenvalue weighted by molar-refractivity contribution is 6.19. The first-order chi connectivity index (χ1) is 36.1. The zero-order valence-electron chi connectivity index (χ0n) is 40.1. The van der Waals surface area contributed by atoms with Crippen LogP contribution in [0.25, 0.3) is 66.6 Å². The number of rotatable bonds is 9. The molecule has 0 spiro atoms. The van der Waals surface area contributed by atoms with E-state index in [2.05, 4.69) is 279 Å². The Hall–Kier alpha value is -9.58. The van der Waals surface area contributed by atoms with Crippen LogP contribution in [0.5, 0.6) is 0 Å². The first-order valence-electron chi connectivity index (χ1n) is 24.9. The van der Waals surface area contributed by atoms with E-state index in [9.17, 15) is 0 Å². The minimum Gasteiger partial charge on any atom is -0.316 e. The normalized spacial score (nSPS) is 14.5. The van der Waals surface area contributed by atoms with Crippen molar-refractivity contribution in [3.05, 3.63) is 314 Å². The van der Waals surface area contributed by atoms with E-state index in [1.807, 2.05) is 6.07 Å². The number of nitrogens with zero attached hydrogens (tertiary/aromatic N) is 5. The van der Waals surface area contributed by atoms with Crippen molar-refractivity contribution >= 4 is 44.1 Å². The Labute approximate surface area is 425 Å². The zero-order valence-corrected chi connectivity index (χ0v) is 40.1. The molecule has 3 heterocycles. The third-order valence-corrected chi connectivity index (χ3v) is 14.6. The van der Waals surface area contributed by atoms with Crippen LogP contribution in [0.15, 0.2) is 291 Å². The number of para-hydroxylation sites is 2. The number of hydrogen-bond donors (Lipinski definition) is 0.